The van der Waals surface area contributed by atoms with E-state index >= 15 is 0 Å². The Balaban J connectivity index is 2.68. The fraction of sp³-hybridized carbons (Fsp3) is 0.0909. The standard InChI is InChI=1S/C11H9N3O3/c1-14-10(2-3-12-14)7-4-8(6-15)11(16)9(5-7)13-17/h2-6,16H,1H3. The van der Waals surface area contributed by atoms with Crippen LogP contribution in [0.5, 0.6) is 5.75 Å². The molecule has 1 heterocycles. The van der Waals surface area contributed by atoms with Gasteiger partial charge < -0.3 is 5.11 Å². The number of aryl methyl sites for hydroxylation is 1. The Morgan fingerprint density at radius 3 is 2.76 bits per heavy atom. The fourth-order valence-electron chi connectivity index (χ4n) is 1.61. The van der Waals surface area contributed by atoms with E-state index in [2.05, 4.69) is 10.3 Å². The molecule has 0 aliphatic heterocycles. The van der Waals surface area contributed by atoms with Gasteiger partial charge in [-0.3, -0.25) is 9.48 Å². The van der Waals surface area contributed by atoms with Gasteiger partial charge in [0.2, 0.25) is 0 Å². The molecule has 0 radical (unpaired) electrons. The van der Waals surface area contributed by atoms with E-state index in [9.17, 15) is 14.8 Å². The molecule has 17 heavy (non-hydrogen) atoms. The van der Waals surface area contributed by atoms with Crippen LogP contribution < -0.4 is 0 Å². The number of aldehydes is 1. The molecular weight excluding hydrogens is 222 g/mol. The molecule has 0 aliphatic carbocycles. The predicted molar refractivity (Wildman–Crippen MR) is 61.2 cm³/mol. The Bertz CT molecular complexity index is 560. The zero-order chi connectivity index (χ0) is 12.4. The second-order valence-electron chi connectivity index (χ2n) is 3.48. The van der Waals surface area contributed by atoms with E-state index in [4.69, 9.17) is 0 Å². The van der Waals surface area contributed by atoms with Crippen molar-refractivity contribution in [2.24, 2.45) is 12.2 Å². The van der Waals surface area contributed by atoms with Crippen LogP contribution in [0.4, 0.5) is 5.69 Å². The summed E-state index contributed by atoms with van der Waals surface area (Å²) in [5, 5.41) is 16.2. The Morgan fingerprint density at radius 1 is 1.47 bits per heavy atom. The zero-order valence-corrected chi connectivity index (χ0v) is 8.99. The van der Waals surface area contributed by atoms with Crippen LogP contribution in [0.2, 0.25) is 0 Å². The molecule has 6 nitrogen and oxygen atoms in total. The summed E-state index contributed by atoms with van der Waals surface area (Å²) < 4.78 is 1.59. The molecule has 0 amide bonds. The lowest BCUT2D eigenvalue weighted by atomic mass is 10.1. The van der Waals surface area contributed by atoms with Crippen LogP contribution in [0.25, 0.3) is 11.3 Å². The van der Waals surface area contributed by atoms with E-state index in [1.807, 2.05) is 0 Å². The summed E-state index contributed by atoms with van der Waals surface area (Å²) in [6.45, 7) is 0. The van der Waals surface area contributed by atoms with Crippen molar-refractivity contribution in [3.8, 4) is 17.0 Å². The third-order valence-corrected chi connectivity index (χ3v) is 2.46. The van der Waals surface area contributed by atoms with Crippen LogP contribution in [0.1, 0.15) is 10.4 Å². The van der Waals surface area contributed by atoms with Crippen LogP contribution in [0.3, 0.4) is 0 Å². The van der Waals surface area contributed by atoms with Crippen molar-refractivity contribution in [3.05, 3.63) is 34.9 Å². The molecule has 1 N–H and O–H groups in total. The lowest BCUT2D eigenvalue weighted by molar-refractivity contribution is 0.112. The topological polar surface area (TPSA) is 84.6 Å². The first-order chi connectivity index (χ1) is 8.17. The van der Waals surface area contributed by atoms with E-state index < -0.39 is 5.75 Å². The molecule has 0 bridgehead atoms. The highest BCUT2D eigenvalue weighted by molar-refractivity contribution is 5.86. The first-order valence-corrected chi connectivity index (χ1v) is 4.81. The van der Waals surface area contributed by atoms with Gasteiger partial charge >= 0.3 is 0 Å². The molecule has 0 fully saturated rings. The number of nitroso groups, excluding NO2 is 1. The SMILES string of the molecule is Cn1nccc1-c1cc(C=O)c(O)c(N=O)c1. The Morgan fingerprint density at radius 2 is 2.24 bits per heavy atom. The number of phenolic OH excluding ortho intramolecular Hbond substituents is 1. The van der Waals surface area contributed by atoms with Crippen LogP contribution >= 0.6 is 0 Å². The summed E-state index contributed by atoms with van der Waals surface area (Å²) >= 11 is 0. The molecule has 0 atom stereocenters. The molecule has 6 heteroatoms. The summed E-state index contributed by atoms with van der Waals surface area (Å²) in [5.74, 6) is -0.402. The van der Waals surface area contributed by atoms with E-state index in [-0.39, 0.29) is 11.3 Å². The van der Waals surface area contributed by atoms with Crippen molar-refractivity contribution in [1.82, 2.24) is 9.78 Å². The third kappa shape index (κ3) is 1.80. The van der Waals surface area contributed by atoms with Crippen LogP contribution in [-0.4, -0.2) is 21.2 Å². The number of benzene rings is 1. The zero-order valence-electron chi connectivity index (χ0n) is 8.99. The van der Waals surface area contributed by atoms with Crippen LogP contribution in [0.15, 0.2) is 29.6 Å². The first kappa shape index (κ1) is 11.0. The summed E-state index contributed by atoms with van der Waals surface area (Å²) in [5.41, 5.74) is 1.18. The first-order valence-electron chi connectivity index (χ1n) is 4.81. The molecule has 0 saturated heterocycles. The van der Waals surface area contributed by atoms with Gasteiger partial charge in [0.25, 0.3) is 0 Å². The highest BCUT2D eigenvalue weighted by atomic mass is 16.3. The Labute approximate surface area is 96.5 Å². The minimum absolute atomic E-state index is 0.0262. The normalized spacial score (nSPS) is 10.2. The Kier molecular flexibility index (Phi) is 2.70. The van der Waals surface area contributed by atoms with Crippen molar-refractivity contribution in [1.29, 1.82) is 0 Å². The van der Waals surface area contributed by atoms with Gasteiger partial charge in [-0.25, -0.2) is 0 Å². The van der Waals surface area contributed by atoms with Gasteiger partial charge in [0, 0.05) is 18.8 Å². The fourth-order valence-corrected chi connectivity index (χ4v) is 1.61. The van der Waals surface area contributed by atoms with Crippen molar-refractivity contribution in [3.63, 3.8) is 0 Å². The van der Waals surface area contributed by atoms with E-state index in [0.717, 1.165) is 5.69 Å². The maximum absolute atomic E-state index is 10.8. The summed E-state index contributed by atoms with van der Waals surface area (Å²) in [6, 6.07) is 4.62. The number of aromatic hydroxyl groups is 1. The molecule has 0 unspecified atom stereocenters. The number of phenols is 1. The third-order valence-electron chi connectivity index (χ3n) is 2.46. The van der Waals surface area contributed by atoms with Crippen molar-refractivity contribution >= 4 is 12.0 Å². The molecule has 2 rings (SSSR count). The largest absolute Gasteiger partial charge is 0.505 e. The quantitative estimate of drug-likeness (QED) is 0.646. The number of nitrogens with zero attached hydrogens (tertiary/aromatic N) is 3. The second kappa shape index (κ2) is 4.17. The van der Waals surface area contributed by atoms with E-state index in [0.29, 0.717) is 11.8 Å². The minimum Gasteiger partial charge on any atom is -0.505 e. The monoisotopic (exact) mass is 231 g/mol. The molecule has 1 aromatic carbocycles. The molecule has 0 spiro atoms. The molecule has 86 valence electrons. The minimum atomic E-state index is -0.402. The van der Waals surface area contributed by atoms with E-state index in [1.165, 1.54) is 12.1 Å². The number of hydrogen-bond acceptors (Lipinski definition) is 5. The van der Waals surface area contributed by atoms with Crippen molar-refractivity contribution in [2.75, 3.05) is 0 Å². The van der Waals surface area contributed by atoms with Crippen molar-refractivity contribution < 1.29 is 9.90 Å². The van der Waals surface area contributed by atoms with Gasteiger partial charge in [-0.1, -0.05) is 0 Å². The smallest absolute Gasteiger partial charge is 0.155 e. The predicted octanol–water partition coefficient (Wildman–Crippen LogP) is 2.00. The average Bonchev–Trinajstić information content (AvgIpc) is 2.76. The van der Waals surface area contributed by atoms with Crippen LogP contribution in [0, 0.1) is 4.91 Å². The molecule has 1 aromatic heterocycles. The molecule has 0 aliphatic rings. The molecule has 0 saturated carbocycles. The number of carbonyl (C=O) groups excluding carboxylic acids is 1. The maximum atomic E-state index is 10.8. The lowest BCUT2D eigenvalue weighted by Crippen LogP contribution is -1.94. The number of hydrogen-bond donors (Lipinski definition) is 1. The summed E-state index contributed by atoms with van der Waals surface area (Å²) in [6.07, 6.45) is 2.07. The lowest BCUT2D eigenvalue weighted by Gasteiger charge is -2.06. The summed E-state index contributed by atoms with van der Waals surface area (Å²) in [4.78, 5) is 21.3. The number of rotatable bonds is 3. The highest BCUT2D eigenvalue weighted by Crippen LogP contribution is 2.34. The number of carbonyl (C=O) groups is 1. The van der Waals surface area contributed by atoms with Gasteiger partial charge in [-0.05, 0) is 23.4 Å². The van der Waals surface area contributed by atoms with Crippen molar-refractivity contribution in [2.45, 2.75) is 0 Å². The number of aromatic nitrogens is 2. The maximum Gasteiger partial charge on any atom is 0.155 e. The average molecular weight is 231 g/mol. The summed E-state index contributed by atoms with van der Waals surface area (Å²) in [7, 11) is 1.73. The van der Waals surface area contributed by atoms with Gasteiger partial charge in [-0.15, -0.1) is 4.91 Å². The second-order valence-corrected chi connectivity index (χ2v) is 3.48. The highest BCUT2D eigenvalue weighted by Gasteiger charge is 2.12. The van der Waals surface area contributed by atoms with Gasteiger partial charge in [0.1, 0.15) is 0 Å². The van der Waals surface area contributed by atoms with E-state index in [1.54, 1.807) is 24.0 Å². The molecule has 2 aromatic rings. The van der Waals surface area contributed by atoms with Gasteiger partial charge in [0.05, 0.1) is 11.3 Å². The van der Waals surface area contributed by atoms with Gasteiger partial charge in [0.15, 0.2) is 17.7 Å². The Hall–Kier alpha value is -2.50. The van der Waals surface area contributed by atoms with Crippen LogP contribution in [-0.2, 0) is 7.05 Å². The molecular formula is C11H9N3O3. The van der Waals surface area contributed by atoms with Gasteiger partial charge in [-0.2, -0.15) is 5.10 Å².